The summed E-state index contributed by atoms with van der Waals surface area (Å²) in [6, 6.07) is 0.172. The van der Waals surface area contributed by atoms with Crippen LogP contribution in [-0.4, -0.2) is 44.9 Å². The lowest BCUT2D eigenvalue weighted by Gasteiger charge is -2.53. The smallest absolute Gasteiger partial charge is 0.254 e. The van der Waals surface area contributed by atoms with Crippen LogP contribution in [0, 0.1) is 0 Å². The summed E-state index contributed by atoms with van der Waals surface area (Å²) >= 11 is 5.85. The Morgan fingerprint density at radius 2 is 1.91 bits per heavy atom. The van der Waals surface area contributed by atoms with Gasteiger partial charge in [0.15, 0.2) is 0 Å². The van der Waals surface area contributed by atoms with Gasteiger partial charge in [-0.3, -0.25) is 9.69 Å². The van der Waals surface area contributed by atoms with Crippen LogP contribution in [0.4, 0.5) is 5.82 Å². The number of nitrogens with zero attached hydrogens (tertiary/aromatic N) is 3. The highest BCUT2D eigenvalue weighted by molar-refractivity contribution is 6.28. The van der Waals surface area contributed by atoms with Crippen LogP contribution in [0.3, 0.4) is 0 Å². The van der Waals surface area contributed by atoms with Gasteiger partial charge in [0.05, 0.1) is 5.56 Å². The van der Waals surface area contributed by atoms with E-state index in [4.69, 9.17) is 17.3 Å². The number of hydrogen-bond donors (Lipinski definition) is 2. The molecule has 2 heterocycles. The first kappa shape index (κ1) is 17.0. The van der Waals surface area contributed by atoms with Gasteiger partial charge in [0.25, 0.3) is 5.91 Å². The van der Waals surface area contributed by atoms with Gasteiger partial charge < -0.3 is 11.1 Å². The third kappa shape index (κ3) is 3.33. The second-order valence-electron chi connectivity index (χ2n) is 7.20. The molecule has 0 atom stereocenters. The molecule has 0 bridgehead atoms. The molecule has 0 aliphatic carbocycles. The highest BCUT2D eigenvalue weighted by Crippen LogP contribution is 2.38. The Hall–Kier alpha value is -1.40. The summed E-state index contributed by atoms with van der Waals surface area (Å²) in [5.41, 5.74) is 5.71. The van der Waals surface area contributed by atoms with Gasteiger partial charge in [-0.05, 0) is 59.2 Å². The molecule has 0 saturated carbocycles. The first-order chi connectivity index (χ1) is 10.0. The minimum atomic E-state index is -0.564. The van der Waals surface area contributed by atoms with Crippen LogP contribution in [0.2, 0.25) is 5.28 Å². The summed E-state index contributed by atoms with van der Waals surface area (Å²) in [6.45, 7) is 8.85. The number of halogens is 1. The van der Waals surface area contributed by atoms with Gasteiger partial charge in [-0.1, -0.05) is 0 Å². The zero-order valence-corrected chi connectivity index (χ0v) is 14.5. The molecular weight excluding hydrogens is 302 g/mol. The van der Waals surface area contributed by atoms with E-state index in [1.54, 1.807) is 0 Å². The van der Waals surface area contributed by atoms with Gasteiger partial charge in [-0.25, -0.2) is 4.98 Å². The van der Waals surface area contributed by atoms with Crippen molar-refractivity contribution in [3.63, 3.8) is 0 Å². The molecule has 1 aliphatic rings. The monoisotopic (exact) mass is 325 g/mol. The van der Waals surface area contributed by atoms with Crippen LogP contribution in [0.5, 0.6) is 0 Å². The van der Waals surface area contributed by atoms with Crippen molar-refractivity contribution in [3.8, 4) is 0 Å². The fourth-order valence-electron chi connectivity index (χ4n) is 3.32. The van der Waals surface area contributed by atoms with Crippen molar-refractivity contribution in [2.45, 2.75) is 57.7 Å². The van der Waals surface area contributed by atoms with Crippen LogP contribution < -0.4 is 11.1 Å². The molecule has 7 heteroatoms. The normalized spacial score (nSPS) is 21.5. The summed E-state index contributed by atoms with van der Waals surface area (Å²) in [5, 5.41) is 3.44. The van der Waals surface area contributed by atoms with E-state index in [1.165, 1.54) is 6.20 Å². The third-order valence-corrected chi connectivity index (χ3v) is 4.86. The Balaban J connectivity index is 2.28. The topological polar surface area (TPSA) is 84.1 Å². The molecule has 1 aromatic rings. The Bertz CT molecular complexity index is 569. The van der Waals surface area contributed by atoms with Gasteiger partial charge >= 0.3 is 0 Å². The quantitative estimate of drug-likeness (QED) is 0.833. The van der Waals surface area contributed by atoms with Gasteiger partial charge in [-0.2, -0.15) is 4.98 Å². The molecular formula is C15H24ClN5O. The summed E-state index contributed by atoms with van der Waals surface area (Å²) in [5.74, 6) is -0.153. The molecule has 1 aromatic heterocycles. The summed E-state index contributed by atoms with van der Waals surface area (Å²) < 4.78 is 0. The number of primary amides is 1. The molecule has 0 radical (unpaired) electrons. The predicted octanol–water partition coefficient (Wildman–Crippen LogP) is 2.29. The van der Waals surface area contributed by atoms with Gasteiger partial charge in [-0.15, -0.1) is 0 Å². The molecule has 1 fully saturated rings. The second-order valence-corrected chi connectivity index (χ2v) is 7.54. The molecule has 2 rings (SSSR count). The standard InChI is InChI=1S/C15H24ClN5O/c1-14(2)6-9(7-15(3,4)21(14)5)19-12-10(11(17)22)8-18-13(16)20-12/h8-9H,6-7H2,1-5H3,(H2,17,22)(H,18,19,20). The lowest BCUT2D eigenvalue weighted by Crippen LogP contribution is -2.61. The fourth-order valence-corrected chi connectivity index (χ4v) is 3.45. The number of hydrogen-bond acceptors (Lipinski definition) is 5. The van der Waals surface area contributed by atoms with E-state index in [0.29, 0.717) is 5.82 Å². The lowest BCUT2D eigenvalue weighted by atomic mass is 9.77. The maximum Gasteiger partial charge on any atom is 0.254 e. The number of anilines is 1. The van der Waals surface area contributed by atoms with Crippen LogP contribution >= 0.6 is 11.6 Å². The average molecular weight is 326 g/mol. The molecule has 0 unspecified atom stereocenters. The average Bonchev–Trinajstić information content (AvgIpc) is 2.34. The van der Waals surface area contributed by atoms with E-state index in [-0.39, 0.29) is 28.0 Å². The lowest BCUT2D eigenvalue weighted by molar-refractivity contribution is -0.00773. The number of carbonyl (C=O) groups excluding carboxylic acids is 1. The van der Waals surface area contributed by atoms with Crippen molar-refractivity contribution in [2.24, 2.45) is 5.73 Å². The number of nitrogens with two attached hydrogens (primary N) is 1. The number of likely N-dealkylation sites (tertiary alicyclic amines) is 1. The van der Waals surface area contributed by atoms with Crippen molar-refractivity contribution in [1.29, 1.82) is 0 Å². The van der Waals surface area contributed by atoms with Crippen molar-refractivity contribution in [1.82, 2.24) is 14.9 Å². The van der Waals surface area contributed by atoms with Crippen molar-refractivity contribution < 1.29 is 4.79 Å². The second kappa shape index (κ2) is 5.66. The third-order valence-electron chi connectivity index (χ3n) is 4.67. The van der Waals surface area contributed by atoms with E-state index in [9.17, 15) is 4.79 Å². The number of nitrogens with one attached hydrogen (secondary N) is 1. The van der Waals surface area contributed by atoms with E-state index < -0.39 is 5.91 Å². The molecule has 1 aliphatic heterocycles. The molecule has 22 heavy (non-hydrogen) atoms. The van der Waals surface area contributed by atoms with Crippen LogP contribution in [0.1, 0.15) is 50.9 Å². The minimum absolute atomic E-state index is 0.0309. The highest BCUT2D eigenvalue weighted by atomic mass is 35.5. The van der Waals surface area contributed by atoms with E-state index in [2.05, 4.69) is 54.9 Å². The van der Waals surface area contributed by atoms with Gasteiger partial charge in [0.1, 0.15) is 5.82 Å². The SMILES string of the molecule is CN1C(C)(C)CC(Nc2nc(Cl)ncc2C(N)=O)CC1(C)C. The first-order valence-corrected chi connectivity index (χ1v) is 7.73. The molecule has 0 spiro atoms. The number of amides is 1. The zero-order chi connectivity index (χ0) is 16.7. The molecule has 122 valence electrons. The fraction of sp³-hybridized carbons (Fsp3) is 0.667. The Labute approximate surface area is 136 Å². The predicted molar refractivity (Wildman–Crippen MR) is 88.1 cm³/mol. The number of rotatable bonds is 3. The maximum absolute atomic E-state index is 11.5. The van der Waals surface area contributed by atoms with Crippen molar-refractivity contribution >= 4 is 23.3 Å². The van der Waals surface area contributed by atoms with Gasteiger partial charge in [0.2, 0.25) is 5.28 Å². The first-order valence-electron chi connectivity index (χ1n) is 7.36. The molecule has 1 amide bonds. The molecule has 6 nitrogen and oxygen atoms in total. The minimum Gasteiger partial charge on any atom is -0.366 e. The number of piperidine rings is 1. The number of carbonyl (C=O) groups is 1. The summed E-state index contributed by atoms with van der Waals surface area (Å²) in [4.78, 5) is 21.9. The van der Waals surface area contributed by atoms with Crippen molar-refractivity contribution in [3.05, 3.63) is 17.0 Å². The summed E-state index contributed by atoms with van der Waals surface area (Å²) in [7, 11) is 2.15. The van der Waals surface area contributed by atoms with Crippen molar-refractivity contribution in [2.75, 3.05) is 12.4 Å². The molecule has 0 aromatic carbocycles. The largest absolute Gasteiger partial charge is 0.366 e. The number of aromatic nitrogens is 2. The van der Waals surface area contributed by atoms with E-state index in [0.717, 1.165) is 12.8 Å². The highest BCUT2D eigenvalue weighted by Gasteiger charge is 2.43. The Kier molecular flexibility index (Phi) is 4.37. The zero-order valence-electron chi connectivity index (χ0n) is 13.8. The van der Waals surface area contributed by atoms with E-state index in [1.807, 2.05) is 0 Å². The molecule has 3 N–H and O–H groups in total. The van der Waals surface area contributed by atoms with Crippen LogP contribution in [-0.2, 0) is 0 Å². The summed E-state index contributed by atoms with van der Waals surface area (Å²) in [6.07, 6.45) is 3.21. The Morgan fingerprint density at radius 3 is 2.41 bits per heavy atom. The maximum atomic E-state index is 11.5. The van der Waals surface area contributed by atoms with Gasteiger partial charge in [0, 0.05) is 23.3 Å². The van der Waals surface area contributed by atoms with Crippen LogP contribution in [0.25, 0.3) is 0 Å². The van der Waals surface area contributed by atoms with E-state index >= 15 is 0 Å². The Morgan fingerprint density at radius 1 is 1.36 bits per heavy atom. The van der Waals surface area contributed by atoms with Crippen LogP contribution in [0.15, 0.2) is 6.20 Å². The molecule has 1 saturated heterocycles.